The fourth-order valence-corrected chi connectivity index (χ4v) is 5.12. The van der Waals surface area contributed by atoms with E-state index in [0.717, 1.165) is 11.3 Å². The summed E-state index contributed by atoms with van der Waals surface area (Å²) in [6, 6.07) is 18.2. The molecule has 6 N–H and O–H groups in total. The van der Waals surface area contributed by atoms with Crippen LogP contribution in [0.15, 0.2) is 71.7 Å². The molecule has 232 valence electrons. The lowest BCUT2D eigenvalue weighted by atomic mass is 10.1. The third-order valence-electron chi connectivity index (χ3n) is 7.46. The first-order valence-electron chi connectivity index (χ1n) is 14.4. The van der Waals surface area contributed by atoms with Crippen LogP contribution in [0, 0.1) is 5.82 Å². The summed E-state index contributed by atoms with van der Waals surface area (Å²) in [5.41, 5.74) is 20.1. The van der Waals surface area contributed by atoms with Crippen LogP contribution < -0.4 is 26.8 Å². The highest BCUT2D eigenvalue weighted by Gasteiger charge is 2.25. The number of methoxy groups -OCH3 is 1. The van der Waals surface area contributed by atoms with Gasteiger partial charge in [-0.1, -0.05) is 12.1 Å². The lowest BCUT2D eigenvalue weighted by molar-refractivity contribution is -0.121. The number of aromatic nitrogens is 2. The fraction of sp³-hybridized carbons (Fsp3) is 0.312. The molecule has 0 aliphatic heterocycles. The predicted octanol–water partition coefficient (Wildman–Crippen LogP) is 3.53. The van der Waals surface area contributed by atoms with Gasteiger partial charge in [-0.15, -0.1) is 0 Å². The minimum Gasteiger partial charge on any atom is -0.497 e. The summed E-state index contributed by atoms with van der Waals surface area (Å²) in [4.78, 5) is 38.9. The second kappa shape index (κ2) is 14.4. The summed E-state index contributed by atoms with van der Waals surface area (Å²) in [6.45, 7) is 4.08. The highest BCUT2D eigenvalue weighted by atomic mass is 19.1. The van der Waals surface area contributed by atoms with Crippen LogP contribution in [0.2, 0.25) is 0 Å². The lowest BCUT2D eigenvalue weighted by Gasteiger charge is -2.26. The monoisotopic (exact) mass is 602 g/mol. The zero-order chi connectivity index (χ0) is 31.8. The highest BCUT2D eigenvalue weighted by molar-refractivity contribution is 5.98. The van der Waals surface area contributed by atoms with Crippen LogP contribution in [-0.2, 0) is 4.79 Å². The first kappa shape index (κ1) is 31.8. The Hall–Kier alpha value is -5.13. The summed E-state index contributed by atoms with van der Waals surface area (Å²) in [5, 5.41) is 0. The van der Waals surface area contributed by atoms with E-state index in [-0.39, 0.29) is 17.7 Å². The predicted molar refractivity (Wildman–Crippen MR) is 171 cm³/mol. The van der Waals surface area contributed by atoms with Crippen molar-refractivity contribution in [3.05, 3.63) is 78.1 Å². The number of rotatable bonds is 14. The molecule has 11 nitrogen and oxygen atoms in total. The molecule has 0 aliphatic rings. The lowest BCUT2D eigenvalue weighted by Crippen LogP contribution is -2.36. The van der Waals surface area contributed by atoms with Crippen LogP contribution in [-0.4, -0.2) is 72.6 Å². The van der Waals surface area contributed by atoms with Crippen molar-refractivity contribution in [1.29, 1.82) is 0 Å². The quantitative estimate of drug-likeness (QED) is 0.113. The zero-order valence-electron chi connectivity index (χ0n) is 25.2. The molecule has 4 aromatic rings. The van der Waals surface area contributed by atoms with E-state index in [1.54, 1.807) is 49.4 Å². The number of hydrogen-bond acceptors (Lipinski definition) is 6. The minimum absolute atomic E-state index is 0.0224. The summed E-state index contributed by atoms with van der Waals surface area (Å²) < 4.78 is 20.6. The number of nitrogens with two attached hydrogens (primary N) is 3. The summed E-state index contributed by atoms with van der Waals surface area (Å²) >= 11 is 0. The standard InChI is InChI=1S/C32H39FN8O3/c1-4-40(24-13-11-23(33)12-14-24)18-17-39(2)31(43)22-10-15-27-26(20-22)38-30(21-7-5-8-25(19-21)44-3)41(27)28(29(34)42)9-6-16-37-32(35)36/h5,7-8,10-15,19-20,28H,4,6,9,16-18H2,1-3H3,(H2,34,42)(H4,35,36,37)/t28-/m0/s1. The number of aliphatic imine (C=N–C) groups is 1. The molecule has 2 amide bonds. The molecular formula is C32H39FN8O3. The maximum atomic E-state index is 13.5. The van der Waals surface area contributed by atoms with E-state index in [9.17, 15) is 14.0 Å². The molecule has 0 unspecified atom stereocenters. The molecule has 0 radical (unpaired) electrons. The van der Waals surface area contributed by atoms with E-state index < -0.39 is 11.9 Å². The van der Waals surface area contributed by atoms with Crippen molar-refractivity contribution in [2.75, 3.05) is 45.2 Å². The molecule has 0 spiro atoms. The first-order valence-corrected chi connectivity index (χ1v) is 14.4. The molecule has 0 saturated carbocycles. The minimum atomic E-state index is -0.744. The Labute approximate surface area is 256 Å². The van der Waals surface area contributed by atoms with Crippen molar-refractivity contribution >= 4 is 34.5 Å². The molecule has 1 aromatic heterocycles. The van der Waals surface area contributed by atoms with Crippen molar-refractivity contribution in [3.8, 4) is 17.1 Å². The number of ether oxygens (including phenoxy) is 1. The summed E-state index contributed by atoms with van der Waals surface area (Å²) in [5.74, 6) is 0.121. The van der Waals surface area contributed by atoms with Gasteiger partial charge in [0.25, 0.3) is 5.91 Å². The molecule has 1 heterocycles. The van der Waals surface area contributed by atoms with E-state index in [2.05, 4.69) is 9.89 Å². The van der Waals surface area contributed by atoms with Gasteiger partial charge in [-0.3, -0.25) is 14.6 Å². The van der Waals surface area contributed by atoms with Crippen LogP contribution in [0.3, 0.4) is 0 Å². The van der Waals surface area contributed by atoms with E-state index >= 15 is 0 Å². The van der Waals surface area contributed by atoms with Crippen LogP contribution >= 0.6 is 0 Å². The molecule has 0 saturated heterocycles. The number of nitrogens with zero attached hydrogens (tertiary/aromatic N) is 5. The van der Waals surface area contributed by atoms with Crippen molar-refractivity contribution in [3.63, 3.8) is 0 Å². The number of primary amides is 1. The van der Waals surface area contributed by atoms with Gasteiger partial charge in [0.15, 0.2) is 5.96 Å². The number of carbonyl (C=O) groups is 2. The Morgan fingerprint density at radius 2 is 1.80 bits per heavy atom. The topological polar surface area (TPSA) is 158 Å². The SMILES string of the molecule is CCN(CCN(C)C(=O)c1ccc2c(c1)nc(-c1cccc(OC)c1)n2[C@@H](CCCN=C(N)N)C(N)=O)c1ccc(F)cc1. The van der Waals surface area contributed by atoms with Crippen molar-refractivity contribution in [2.45, 2.75) is 25.8 Å². The van der Waals surface area contributed by atoms with E-state index in [4.69, 9.17) is 26.9 Å². The largest absolute Gasteiger partial charge is 0.497 e. The van der Waals surface area contributed by atoms with Crippen LogP contribution in [0.4, 0.5) is 10.1 Å². The normalized spacial score (nSPS) is 11.6. The van der Waals surface area contributed by atoms with Gasteiger partial charge in [-0.25, -0.2) is 9.37 Å². The van der Waals surface area contributed by atoms with Crippen LogP contribution in [0.25, 0.3) is 22.4 Å². The molecule has 0 fully saturated rings. The Morgan fingerprint density at radius 1 is 1.05 bits per heavy atom. The van der Waals surface area contributed by atoms with Gasteiger partial charge in [0, 0.05) is 50.0 Å². The van der Waals surface area contributed by atoms with Gasteiger partial charge in [0.05, 0.1) is 18.1 Å². The number of anilines is 1. The fourth-order valence-electron chi connectivity index (χ4n) is 5.12. The third kappa shape index (κ3) is 7.44. The number of guanidine groups is 1. The Morgan fingerprint density at radius 3 is 2.45 bits per heavy atom. The van der Waals surface area contributed by atoms with Crippen molar-refractivity contribution in [1.82, 2.24) is 14.5 Å². The highest BCUT2D eigenvalue weighted by Crippen LogP contribution is 2.32. The summed E-state index contributed by atoms with van der Waals surface area (Å²) in [6.07, 6.45) is 0.886. The van der Waals surface area contributed by atoms with Gasteiger partial charge in [0.1, 0.15) is 23.4 Å². The molecule has 44 heavy (non-hydrogen) atoms. The molecule has 3 aromatic carbocycles. The van der Waals surface area contributed by atoms with Gasteiger partial charge in [0.2, 0.25) is 5.91 Å². The molecule has 0 bridgehead atoms. The number of amides is 2. The van der Waals surface area contributed by atoms with Crippen LogP contribution in [0.1, 0.15) is 36.2 Å². The second-order valence-corrected chi connectivity index (χ2v) is 10.4. The number of halogens is 1. The van der Waals surface area contributed by atoms with E-state index in [1.807, 2.05) is 35.8 Å². The number of benzene rings is 3. The zero-order valence-corrected chi connectivity index (χ0v) is 25.2. The summed E-state index contributed by atoms with van der Waals surface area (Å²) in [7, 11) is 3.32. The first-order chi connectivity index (χ1) is 21.1. The van der Waals surface area contributed by atoms with Gasteiger partial charge in [-0.2, -0.15) is 0 Å². The van der Waals surface area contributed by atoms with Crippen molar-refractivity contribution in [2.24, 2.45) is 22.2 Å². The van der Waals surface area contributed by atoms with Gasteiger partial charge in [-0.05, 0) is 74.4 Å². The van der Waals surface area contributed by atoms with Gasteiger partial charge >= 0.3 is 0 Å². The average molecular weight is 603 g/mol. The Bertz CT molecular complexity index is 1630. The Kier molecular flexibility index (Phi) is 10.4. The smallest absolute Gasteiger partial charge is 0.253 e. The average Bonchev–Trinajstić information content (AvgIpc) is 3.39. The van der Waals surface area contributed by atoms with E-state index in [0.29, 0.717) is 67.2 Å². The number of likely N-dealkylation sites (N-methyl/N-ethyl adjacent to an activating group) is 2. The van der Waals surface area contributed by atoms with Crippen LogP contribution in [0.5, 0.6) is 5.75 Å². The molecule has 4 rings (SSSR count). The molecule has 0 aliphatic carbocycles. The number of imidazole rings is 1. The number of carbonyl (C=O) groups excluding carboxylic acids is 2. The maximum Gasteiger partial charge on any atom is 0.253 e. The molecular weight excluding hydrogens is 563 g/mol. The molecule has 1 atom stereocenters. The van der Waals surface area contributed by atoms with E-state index in [1.165, 1.54) is 12.1 Å². The Balaban J connectivity index is 1.65. The maximum absolute atomic E-state index is 13.5. The molecule has 12 heteroatoms. The second-order valence-electron chi connectivity index (χ2n) is 10.4. The number of fused-ring (bicyclic) bond motifs is 1. The third-order valence-corrected chi connectivity index (χ3v) is 7.46. The van der Waals surface area contributed by atoms with Gasteiger partial charge < -0.3 is 36.3 Å². The number of hydrogen-bond donors (Lipinski definition) is 3. The van der Waals surface area contributed by atoms with Crippen molar-refractivity contribution < 1.29 is 18.7 Å².